The molecule has 0 saturated carbocycles. The molecule has 0 unspecified atom stereocenters. The lowest BCUT2D eigenvalue weighted by Gasteiger charge is -2.19. The van der Waals surface area contributed by atoms with E-state index in [-0.39, 0.29) is 5.92 Å². The van der Waals surface area contributed by atoms with Gasteiger partial charge in [0.25, 0.3) is 0 Å². The van der Waals surface area contributed by atoms with E-state index < -0.39 is 18.7 Å². The van der Waals surface area contributed by atoms with E-state index in [1.54, 1.807) is 47.7 Å². The Morgan fingerprint density at radius 1 is 0.875 bits per heavy atom. The second kappa shape index (κ2) is 6.84. The van der Waals surface area contributed by atoms with Gasteiger partial charge in [0.1, 0.15) is 28.9 Å². The molecule has 4 atom stereocenters. The van der Waals surface area contributed by atoms with E-state index in [0.717, 1.165) is 0 Å². The Morgan fingerprint density at radius 2 is 1.50 bits per heavy atom. The lowest BCUT2D eigenvalue weighted by molar-refractivity contribution is -0.206. The second-order valence-corrected chi connectivity index (χ2v) is 5.32. The number of oxime groups is 1. The van der Waals surface area contributed by atoms with E-state index in [1.165, 1.54) is 0 Å². The lowest BCUT2D eigenvalue weighted by Crippen LogP contribution is -2.32. The second-order valence-electron chi connectivity index (χ2n) is 5.32. The molecule has 0 radical (unpaired) electrons. The van der Waals surface area contributed by atoms with Crippen molar-refractivity contribution in [1.29, 1.82) is 0 Å². The van der Waals surface area contributed by atoms with Crippen LogP contribution in [0.1, 0.15) is 5.56 Å². The number of nitrogens with zero attached hydrogens (tertiary/aromatic N) is 1. The van der Waals surface area contributed by atoms with Crippen LogP contribution in [0.4, 0.5) is 0 Å². The molecule has 1 fully saturated rings. The maximum absolute atomic E-state index is 5.71. The third-order valence-corrected chi connectivity index (χ3v) is 4.21. The minimum Gasteiger partial charge on any atom is -0.496 e. The maximum atomic E-state index is 5.71. The van der Waals surface area contributed by atoms with Crippen molar-refractivity contribution in [3.05, 3.63) is 17.7 Å². The summed E-state index contributed by atoms with van der Waals surface area (Å²) in [7, 11) is 7.84. The van der Waals surface area contributed by atoms with Gasteiger partial charge in [-0.1, -0.05) is 5.16 Å². The Labute approximate surface area is 140 Å². The number of fused-ring (bicyclic) bond motifs is 1. The molecular formula is C16H21NO7. The molecule has 8 nitrogen and oxygen atoms in total. The fraction of sp³-hybridized carbons (Fsp3) is 0.562. The van der Waals surface area contributed by atoms with Crippen molar-refractivity contribution in [3.63, 3.8) is 0 Å². The molecule has 0 aliphatic carbocycles. The minimum atomic E-state index is -0.559. The van der Waals surface area contributed by atoms with E-state index >= 15 is 0 Å². The summed E-state index contributed by atoms with van der Waals surface area (Å²) in [6, 6.07) is 3.53. The molecule has 132 valence electrons. The normalized spacial score (nSPS) is 28.1. The zero-order chi connectivity index (χ0) is 17.3. The van der Waals surface area contributed by atoms with Crippen molar-refractivity contribution in [2.75, 3.05) is 35.5 Å². The first-order chi connectivity index (χ1) is 11.7. The Hall–Kier alpha value is -2.03. The van der Waals surface area contributed by atoms with Gasteiger partial charge in [0.15, 0.2) is 12.4 Å². The molecule has 1 aromatic rings. The highest BCUT2D eigenvalue weighted by Crippen LogP contribution is 2.43. The summed E-state index contributed by atoms with van der Waals surface area (Å²) in [6.07, 6.45) is -1.50. The molecular weight excluding hydrogens is 318 g/mol. The van der Waals surface area contributed by atoms with Crippen LogP contribution in [0.2, 0.25) is 0 Å². The first kappa shape index (κ1) is 16.8. The summed E-state index contributed by atoms with van der Waals surface area (Å²) in [5.41, 5.74) is 1.30. The van der Waals surface area contributed by atoms with Crippen LogP contribution in [0.25, 0.3) is 0 Å². The molecule has 3 rings (SSSR count). The fourth-order valence-corrected chi connectivity index (χ4v) is 3.06. The van der Waals surface area contributed by atoms with Crippen LogP contribution < -0.4 is 14.2 Å². The molecule has 2 aliphatic heterocycles. The first-order valence-corrected chi connectivity index (χ1v) is 7.43. The molecule has 8 heteroatoms. The molecule has 0 N–H and O–H groups in total. The van der Waals surface area contributed by atoms with Gasteiger partial charge in [-0.15, -0.1) is 0 Å². The monoisotopic (exact) mass is 339 g/mol. The van der Waals surface area contributed by atoms with Crippen molar-refractivity contribution in [2.24, 2.45) is 11.1 Å². The number of benzene rings is 1. The van der Waals surface area contributed by atoms with Crippen molar-refractivity contribution in [1.82, 2.24) is 0 Å². The van der Waals surface area contributed by atoms with Gasteiger partial charge in [0, 0.05) is 26.4 Å². The molecule has 24 heavy (non-hydrogen) atoms. The SMILES string of the molecule is COc1cc(OC)c(C2=NO[C@@H]3[C@H](OC)O[C@@H](OC)[C@@H]23)c(OC)c1. The lowest BCUT2D eigenvalue weighted by atomic mass is 9.92. The Kier molecular flexibility index (Phi) is 4.79. The average molecular weight is 339 g/mol. The zero-order valence-corrected chi connectivity index (χ0v) is 14.3. The van der Waals surface area contributed by atoms with Crippen LogP contribution in [0.15, 0.2) is 17.3 Å². The average Bonchev–Trinajstić information content (AvgIpc) is 3.20. The smallest absolute Gasteiger partial charge is 0.200 e. The molecule has 2 heterocycles. The largest absolute Gasteiger partial charge is 0.496 e. The number of rotatable bonds is 6. The topological polar surface area (TPSA) is 77.0 Å². The van der Waals surface area contributed by atoms with Gasteiger partial charge in [0.05, 0.1) is 26.9 Å². The predicted octanol–water partition coefficient (Wildman–Crippen LogP) is 1.41. The van der Waals surface area contributed by atoms with Gasteiger partial charge in [0.2, 0.25) is 6.29 Å². The van der Waals surface area contributed by atoms with Crippen molar-refractivity contribution >= 4 is 5.71 Å². The van der Waals surface area contributed by atoms with E-state index in [0.29, 0.717) is 28.5 Å². The highest BCUT2D eigenvalue weighted by molar-refractivity contribution is 6.08. The molecule has 0 amide bonds. The van der Waals surface area contributed by atoms with Gasteiger partial charge in [-0.2, -0.15) is 0 Å². The quantitative estimate of drug-likeness (QED) is 0.775. The van der Waals surface area contributed by atoms with Gasteiger partial charge < -0.3 is 33.3 Å². The van der Waals surface area contributed by atoms with Gasteiger partial charge in [-0.25, -0.2) is 0 Å². The summed E-state index contributed by atoms with van der Waals surface area (Å²) in [5.74, 6) is 1.47. The molecule has 1 aromatic carbocycles. The van der Waals surface area contributed by atoms with Crippen LogP contribution in [-0.2, 0) is 19.0 Å². The minimum absolute atomic E-state index is 0.267. The van der Waals surface area contributed by atoms with Gasteiger partial charge in [-0.3, -0.25) is 0 Å². The van der Waals surface area contributed by atoms with Crippen LogP contribution >= 0.6 is 0 Å². The van der Waals surface area contributed by atoms with Crippen LogP contribution in [0.3, 0.4) is 0 Å². The molecule has 1 saturated heterocycles. The highest BCUT2D eigenvalue weighted by atomic mass is 16.8. The Balaban J connectivity index is 2.06. The maximum Gasteiger partial charge on any atom is 0.200 e. The van der Waals surface area contributed by atoms with Crippen molar-refractivity contribution in [2.45, 2.75) is 18.7 Å². The van der Waals surface area contributed by atoms with Crippen LogP contribution in [0.5, 0.6) is 17.2 Å². The fourth-order valence-electron chi connectivity index (χ4n) is 3.06. The van der Waals surface area contributed by atoms with Gasteiger partial charge >= 0.3 is 0 Å². The summed E-state index contributed by atoms with van der Waals surface area (Å²) in [5, 5.41) is 4.24. The van der Waals surface area contributed by atoms with E-state index in [2.05, 4.69) is 5.16 Å². The number of methoxy groups -OCH3 is 5. The molecule has 0 aromatic heterocycles. The standard InChI is InChI=1S/C16H21NO7/c1-18-8-6-9(19-2)11(10(7-8)20-3)13-12-14(24-17-13)16(22-5)23-15(12)21-4/h6-7,12,14-16H,1-5H3/t12-,14-,15+,16+/m0/s1. The number of ether oxygens (including phenoxy) is 6. The van der Waals surface area contributed by atoms with Gasteiger partial charge in [-0.05, 0) is 0 Å². The van der Waals surface area contributed by atoms with E-state index in [9.17, 15) is 0 Å². The summed E-state index contributed by atoms with van der Waals surface area (Å²) in [6.45, 7) is 0. The van der Waals surface area contributed by atoms with E-state index in [1.807, 2.05) is 0 Å². The Morgan fingerprint density at radius 3 is 2.00 bits per heavy atom. The number of hydrogen-bond donors (Lipinski definition) is 0. The van der Waals surface area contributed by atoms with Crippen molar-refractivity contribution in [3.8, 4) is 17.2 Å². The number of hydrogen-bond acceptors (Lipinski definition) is 8. The van der Waals surface area contributed by atoms with Crippen LogP contribution in [-0.4, -0.2) is 59.9 Å². The summed E-state index contributed by atoms with van der Waals surface area (Å²) >= 11 is 0. The zero-order valence-electron chi connectivity index (χ0n) is 14.3. The molecule has 2 aliphatic rings. The molecule has 0 spiro atoms. The summed E-state index contributed by atoms with van der Waals surface area (Å²) in [4.78, 5) is 5.55. The third kappa shape index (κ3) is 2.56. The van der Waals surface area contributed by atoms with E-state index in [4.69, 9.17) is 33.3 Å². The summed E-state index contributed by atoms with van der Waals surface area (Å²) < 4.78 is 32.7. The molecule has 0 bridgehead atoms. The highest BCUT2D eigenvalue weighted by Gasteiger charge is 2.54. The van der Waals surface area contributed by atoms with Crippen LogP contribution in [0, 0.1) is 5.92 Å². The first-order valence-electron chi connectivity index (χ1n) is 7.43. The van der Waals surface area contributed by atoms with Crippen molar-refractivity contribution < 1.29 is 33.3 Å². The third-order valence-electron chi connectivity index (χ3n) is 4.21. The Bertz CT molecular complexity index is 608. The predicted molar refractivity (Wildman–Crippen MR) is 83.7 cm³/mol.